The number of aromatic nitrogens is 3. The summed E-state index contributed by atoms with van der Waals surface area (Å²) in [5, 5.41) is 11.4. The van der Waals surface area contributed by atoms with Gasteiger partial charge in [0.05, 0.1) is 0 Å². The molecule has 1 aromatic rings. The molecular formula is C12H22N4OS. The number of hydrogen-bond donors (Lipinski definition) is 2. The van der Waals surface area contributed by atoms with Crippen LogP contribution in [0.4, 0.5) is 0 Å². The van der Waals surface area contributed by atoms with Gasteiger partial charge in [-0.05, 0) is 31.7 Å². The predicted molar refractivity (Wildman–Crippen MR) is 74.0 cm³/mol. The van der Waals surface area contributed by atoms with Crippen LogP contribution in [0.3, 0.4) is 0 Å². The van der Waals surface area contributed by atoms with Crippen LogP contribution in [-0.2, 0) is 7.05 Å². The lowest BCUT2D eigenvalue weighted by atomic mass is 9.87. The molecule has 18 heavy (non-hydrogen) atoms. The van der Waals surface area contributed by atoms with Crippen molar-refractivity contribution in [3.05, 3.63) is 10.5 Å². The standard InChI is InChI=1S/C12H22N4OS/c1-4-13-9-6-5-8(2)7-10(9)18-12-15-14-11(17)16(12)3/h8-10,13H,4-7H2,1-3H3,(H,14,17). The van der Waals surface area contributed by atoms with Gasteiger partial charge in [0.1, 0.15) is 0 Å². The van der Waals surface area contributed by atoms with Crippen LogP contribution >= 0.6 is 11.8 Å². The number of nitrogens with one attached hydrogen (secondary N) is 2. The maximum Gasteiger partial charge on any atom is 0.343 e. The van der Waals surface area contributed by atoms with Crippen molar-refractivity contribution in [3.8, 4) is 0 Å². The Balaban J connectivity index is 2.08. The largest absolute Gasteiger partial charge is 0.343 e. The maximum absolute atomic E-state index is 11.4. The summed E-state index contributed by atoms with van der Waals surface area (Å²) in [6, 6.07) is 0.531. The van der Waals surface area contributed by atoms with E-state index < -0.39 is 0 Å². The molecule has 102 valence electrons. The van der Waals surface area contributed by atoms with E-state index in [1.165, 1.54) is 19.3 Å². The second kappa shape index (κ2) is 5.93. The molecule has 1 aromatic heterocycles. The average Bonchev–Trinajstić information content (AvgIpc) is 2.65. The van der Waals surface area contributed by atoms with Gasteiger partial charge in [-0.15, -0.1) is 5.10 Å². The van der Waals surface area contributed by atoms with E-state index in [-0.39, 0.29) is 5.69 Å². The molecule has 1 fully saturated rings. The average molecular weight is 270 g/mol. The topological polar surface area (TPSA) is 62.7 Å². The van der Waals surface area contributed by atoms with Gasteiger partial charge in [-0.1, -0.05) is 25.6 Å². The van der Waals surface area contributed by atoms with Crippen molar-refractivity contribution in [2.75, 3.05) is 6.54 Å². The van der Waals surface area contributed by atoms with Crippen molar-refractivity contribution in [1.29, 1.82) is 0 Å². The van der Waals surface area contributed by atoms with Gasteiger partial charge in [-0.3, -0.25) is 4.57 Å². The zero-order chi connectivity index (χ0) is 13.1. The highest BCUT2D eigenvalue weighted by Crippen LogP contribution is 2.35. The van der Waals surface area contributed by atoms with Crippen LogP contribution in [0.2, 0.25) is 0 Å². The van der Waals surface area contributed by atoms with Gasteiger partial charge in [-0.25, -0.2) is 9.89 Å². The smallest absolute Gasteiger partial charge is 0.313 e. The Labute approximate surface area is 112 Å². The first-order valence-electron chi connectivity index (χ1n) is 6.63. The van der Waals surface area contributed by atoms with E-state index in [4.69, 9.17) is 0 Å². The van der Waals surface area contributed by atoms with Gasteiger partial charge in [0, 0.05) is 18.3 Å². The SMILES string of the molecule is CCNC1CCC(C)CC1Sc1n[nH]c(=O)n1C. The molecule has 3 atom stereocenters. The minimum atomic E-state index is -0.138. The Hall–Kier alpha value is -0.750. The van der Waals surface area contributed by atoms with Crippen LogP contribution in [0.25, 0.3) is 0 Å². The van der Waals surface area contributed by atoms with E-state index in [0.29, 0.717) is 11.3 Å². The van der Waals surface area contributed by atoms with Crippen LogP contribution in [0.15, 0.2) is 9.95 Å². The first-order valence-corrected chi connectivity index (χ1v) is 7.51. The highest BCUT2D eigenvalue weighted by molar-refractivity contribution is 7.99. The lowest BCUT2D eigenvalue weighted by Crippen LogP contribution is -2.42. The molecule has 0 aliphatic heterocycles. The quantitative estimate of drug-likeness (QED) is 0.867. The van der Waals surface area contributed by atoms with E-state index in [2.05, 4.69) is 29.4 Å². The fourth-order valence-electron chi connectivity index (χ4n) is 2.53. The summed E-state index contributed by atoms with van der Waals surface area (Å²) in [7, 11) is 1.77. The fraction of sp³-hybridized carbons (Fsp3) is 0.833. The molecule has 1 saturated carbocycles. The Morgan fingerprint density at radius 2 is 2.33 bits per heavy atom. The molecule has 1 aliphatic rings. The molecule has 6 heteroatoms. The van der Waals surface area contributed by atoms with Crippen molar-refractivity contribution < 1.29 is 0 Å². The molecule has 3 unspecified atom stereocenters. The van der Waals surface area contributed by atoms with Crippen LogP contribution in [0.5, 0.6) is 0 Å². The summed E-state index contributed by atoms with van der Waals surface area (Å²) >= 11 is 1.72. The molecule has 0 spiro atoms. The first-order chi connectivity index (χ1) is 8.61. The zero-order valence-electron chi connectivity index (χ0n) is 11.3. The summed E-state index contributed by atoms with van der Waals surface area (Å²) in [6.45, 7) is 5.44. The summed E-state index contributed by atoms with van der Waals surface area (Å²) in [5.41, 5.74) is -0.138. The zero-order valence-corrected chi connectivity index (χ0v) is 12.1. The summed E-state index contributed by atoms with van der Waals surface area (Å²) < 4.78 is 1.59. The normalized spacial score (nSPS) is 28.5. The van der Waals surface area contributed by atoms with E-state index in [9.17, 15) is 4.79 Å². The molecule has 0 saturated heterocycles. The molecule has 1 heterocycles. The fourth-order valence-corrected chi connectivity index (χ4v) is 3.96. The van der Waals surface area contributed by atoms with Crippen molar-refractivity contribution in [2.24, 2.45) is 13.0 Å². The molecular weight excluding hydrogens is 248 g/mol. The predicted octanol–water partition coefficient (Wildman–Crippen LogP) is 1.37. The van der Waals surface area contributed by atoms with Crippen LogP contribution in [0.1, 0.15) is 33.1 Å². The number of thioether (sulfide) groups is 1. The lowest BCUT2D eigenvalue weighted by molar-refractivity contribution is 0.320. The molecule has 2 N–H and O–H groups in total. The minimum absolute atomic E-state index is 0.138. The van der Waals surface area contributed by atoms with E-state index in [1.807, 2.05) is 0 Å². The first kappa shape index (κ1) is 13.7. The van der Waals surface area contributed by atoms with E-state index >= 15 is 0 Å². The monoisotopic (exact) mass is 270 g/mol. The second-order valence-corrected chi connectivity index (χ2v) is 6.32. The molecule has 2 rings (SSSR count). The molecule has 0 amide bonds. The highest BCUT2D eigenvalue weighted by Gasteiger charge is 2.30. The third-order valence-corrected chi connectivity index (χ3v) is 5.02. The summed E-state index contributed by atoms with van der Waals surface area (Å²) in [4.78, 5) is 11.4. The Morgan fingerprint density at radius 1 is 1.56 bits per heavy atom. The number of H-pyrrole nitrogens is 1. The van der Waals surface area contributed by atoms with Gasteiger partial charge >= 0.3 is 5.69 Å². The van der Waals surface area contributed by atoms with Crippen molar-refractivity contribution in [3.63, 3.8) is 0 Å². The number of nitrogens with zero attached hydrogens (tertiary/aromatic N) is 2. The number of hydrogen-bond acceptors (Lipinski definition) is 4. The third kappa shape index (κ3) is 2.98. The minimum Gasteiger partial charge on any atom is -0.313 e. The highest BCUT2D eigenvalue weighted by atomic mass is 32.2. The van der Waals surface area contributed by atoms with Gasteiger partial charge in [-0.2, -0.15) is 0 Å². The summed E-state index contributed by atoms with van der Waals surface area (Å²) in [5.74, 6) is 0.758. The molecule has 0 aromatic carbocycles. The van der Waals surface area contributed by atoms with Crippen LogP contribution < -0.4 is 11.0 Å². The molecule has 0 radical (unpaired) electrons. The second-order valence-electron chi connectivity index (χ2n) is 5.11. The molecule has 5 nitrogen and oxygen atoms in total. The van der Waals surface area contributed by atoms with Gasteiger partial charge in [0.2, 0.25) is 0 Å². The summed E-state index contributed by atoms with van der Waals surface area (Å²) in [6.07, 6.45) is 3.68. The van der Waals surface area contributed by atoms with Gasteiger partial charge < -0.3 is 5.32 Å². The Morgan fingerprint density at radius 3 is 2.94 bits per heavy atom. The Bertz CT molecular complexity index is 442. The molecule has 0 bridgehead atoms. The number of aromatic amines is 1. The lowest BCUT2D eigenvalue weighted by Gasteiger charge is -2.34. The Kier molecular flexibility index (Phi) is 4.50. The van der Waals surface area contributed by atoms with Crippen LogP contribution in [0, 0.1) is 5.92 Å². The van der Waals surface area contributed by atoms with Crippen molar-refractivity contribution >= 4 is 11.8 Å². The molecule has 1 aliphatic carbocycles. The van der Waals surface area contributed by atoms with Gasteiger partial charge in [0.25, 0.3) is 0 Å². The third-order valence-electron chi connectivity index (χ3n) is 3.62. The number of rotatable bonds is 4. The van der Waals surface area contributed by atoms with Crippen molar-refractivity contribution in [1.82, 2.24) is 20.1 Å². The van der Waals surface area contributed by atoms with E-state index in [0.717, 1.165) is 17.6 Å². The van der Waals surface area contributed by atoms with Crippen molar-refractivity contribution in [2.45, 2.75) is 49.6 Å². The maximum atomic E-state index is 11.4. The van der Waals surface area contributed by atoms with E-state index in [1.54, 1.807) is 23.4 Å². The van der Waals surface area contributed by atoms with Gasteiger partial charge in [0.15, 0.2) is 5.16 Å². The van der Waals surface area contributed by atoms with Crippen LogP contribution in [-0.4, -0.2) is 32.6 Å².